The molecule has 0 rings (SSSR count). The lowest BCUT2D eigenvalue weighted by Crippen LogP contribution is -2.31. The van der Waals surface area contributed by atoms with E-state index in [0.29, 0.717) is 0 Å². The molecule has 0 aliphatic heterocycles. The lowest BCUT2D eigenvalue weighted by molar-refractivity contribution is -0.136. The lowest BCUT2D eigenvalue weighted by atomic mass is 10.7. The molecule has 1 radical (unpaired) electrons. The van der Waals surface area contributed by atoms with Crippen molar-refractivity contribution in [2.45, 2.75) is 13.1 Å². The van der Waals surface area contributed by atoms with Crippen LogP contribution in [0.1, 0.15) is 0 Å². The van der Waals surface area contributed by atoms with Gasteiger partial charge in [0.2, 0.25) is 0 Å². The smallest absolute Gasteiger partial charge is 0.329 e. The Kier molecular flexibility index (Phi) is 3.31. The van der Waals surface area contributed by atoms with Crippen LogP contribution in [0, 0.1) is 0 Å². The monoisotopic (exact) mass is 159 g/mol. The zero-order valence-corrected chi connectivity index (χ0v) is 7.22. The third-order valence-electron chi connectivity index (χ3n) is 0.729. The normalized spacial score (nSPS) is 10.7. The minimum atomic E-state index is -2.48. The van der Waals surface area contributed by atoms with E-state index in [2.05, 4.69) is 11.3 Å². The average molecular weight is 159 g/mol. The molecule has 0 N–H and O–H groups in total. The number of hydrogen-bond donors (Lipinski definition) is 0. The standard InChI is InChI=1S/C6H11O3Si/c1-4-6(7)9-5-10(2,3)8/h4H,1,5H2,2-3H3. The van der Waals surface area contributed by atoms with Crippen LogP contribution in [0.2, 0.25) is 13.1 Å². The van der Waals surface area contributed by atoms with E-state index < -0.39 is 14.3 Å². The maximum atomic E-state index is 11.0. The van der Waals surface area contributed by atoms with E-state index in [0.717, 1.165) is 6.08 Å². The average Bonchev–Trinajstić information content (AvgIpc) is 1.81. The topological polar surface area (TPSA) is 46.2 Å². The molecule has 0 spiro atoms. The first kappa shape index (κ1) is 9.39. The molecule has 57 valence electrons. The summed E-state index contributed by atoms with van der Waals surface area (Å²) in [4.78, 5) is 21.4. The molecule has 0 atom stereocenters. The summed E-state index contributed by atoms with van der Waals surface area (Å²) in [6.07, 6.45) is 1.08. The Balaban J connectivity index is 3.55. The van der Waals surface area contributed by atoms with Crippen LogP contribution in [0.25, 0.3) is 0 Å². The van der Waals surface area contributed by atoms with E-state index >= 15 is 0 Å². The Morgan fingerprint density at radius 3 is 2.50 bits per heavy atom. The molecule has 0 bridgehead atoms. The van der Waals surface area contributed by atoms with Crippen molar-refractivity contribution < 1.29 is 14.3 Å². The van der Waals surface area contributed by atoms with E-state index in [1.807, 2.05) is 0 Å². The van der Waals surface area contributed by atoms with Crippen molar-refractivity contribution in [1.82, 2.24) is 0 Å². The van der Waals surface area contributed by atoms with Gasteiger partial charge in [-0.1, -0.05) is 6.58 Å². The molecule has 4 heteroatoms. The molecule has 0 heterocycles. The zero-order valence-electron chi connectivity index (χ0n) is 6.22. The summed E-state index contributed by atoms with van der Waals surface area (Å²) in [5.41, 5.74) is 0. The van der Waals surface area contributed by atoms with E-state index in [1.165, 1.54) is 0 Å². The first-order valence-electron chi connectivity index (χ1n) is 2.95. The van der Waals surface area contributed by atoms with Gasteiger partial charge in [0.1, 0.15) is 6.23 Å². The van der Waals surface area contributed by atoms with E-state index in [1.54, 1.807) is 13.1 Å². The molecule has 0 aromatic carbocycles. The molecular weight excluding hydrogens is 148 g/mol. The van der Waals surface area contributed by atoms with Crippen LogP contribution in [0.3, 0.4) is 0 Å². The van der Waals surface area contributed by atoms with Gasteiger partial charge in [-0.3, -0.25) is 4.80 Å². The van der Waals surface area contributed by atoms with E-state index in [4.69, 9.17) is 0 Å². The SMILES string of the molecule is C=CC(=O)OC[Si](C)(C)[O]. The van der Waals surface area contributed by atoms with Gasteiger partial charge in [-0.05, 0) is 13.1 Å². The van der Waals surface area contributed by atoms with Gasteiger partial charge in [-0.25, -0.2) is 4.79 Å². The van der Waals surface area contributed by atoms with Crippen LogP contribution in [0.15, 0.2) is 12.7 Å². The Bertz CT molecular complexity index is 136. The van der Waals surface area contributed by atoms with Crippen molar-refractivity contribution in [2.75, 3.05) is 6.23 Å². The maximum Gasteiger partial charge on any atom is 0.329 e. The molecule has 0 aliphatic carbocycles. The van der Waals surface area contributed by atoms with Crippen LogP contribution >= 0.6 is 0 Å². The molecule has 0 amide bonds. The van der Waals surface area contributed by atoms with Crippen LogP contribution in [-0.2, 0) is 14.3 Å². The van der Waals surface area contributed by atoms with Crippen LogP contribution in [0.4, 0.5) is 0 Å². The summed E-state index contributed by atoms with van der Waals surface area (Å²) in [6.45, 7) is 6.37. The molecule has 0 saturated heterocycles. The number of esters is 1. The van der Waals surface area contributed by atoms with Gasteiger partial charge < -0.3 is 4.74 Å². The van der Waals surface area contributed by atoms with Crippen molar-refractivity contribution in [3.63, 3.8) is 0 Å². The van der Waals surface area contributed by atoms with Gasteiger partial charge in [-0.15, -0.1) is 0 Å². The first-order valence-corrected chi connectivity index (χ1v) is 6.07. The van der Waals surface area contributed by atoms with Gasteiger partial charge in [0.25, 0.3) is 8.32 Å². The van der Waals surface area contributed by atoms with Crippen LogP contribution in [0.5, 0.6) is 0 Å². The maximum absolute atomic E-state index is 11.0. The summed E-state index contributed by atoms with van der Waals surface area (Å²) in [6, 6.07) is 0. The molecule has 0 unspecified atom stereocenters. The number of carbonyl (C=O) groups excluding carboxylic acids is 1. The quantitative estimate of drug-likeness (QED) is 0.349. The summed E-state index contributed by atoms with van der Waals surface area (Å²) < 4.78 is 4.55. The second-order valence-corrected chi connectivity index (χ2v) is 6.38. The van der Waals surface area contributed by atoms with Crippen molar-refractivity contribution >= 4 is 14.3 Å². The molecule has 10 heavy (non-hydrogen) atoms. The highest BCUT2D eigenvalue weighted by Gasteiger charge is 2.21. The summed E-state index contributed by atoms with van der Waals surface area (Å²) in [7, 11) is -2.48. The van der Waals surface area contributed by atoms with Crippen molar-refractivity contribution in [3.05, 3.63) is 12.7 Å². The number of carbonyl (C=O) groups is 1. The molecule has 0 saturated carbocycles. The number of hydrogen-bond acceptors (Lipinski definition) is 2. The van der Waals surface area contributed by atoms with Gasteiger partial charge >= 0.3 is 5.97 Å². The fourth-order valence-electron chi connectivity index (χ4n) is 0.304. The highest BCUT2D eigenvalue weighted by atomic mass is 28.4. The van der Waals surface area contributed by atoms with Gasteiger partial charge in [0, 0.05) is 6.08 Å². The molecule has 0 fully saturated rings. The van der Waals surface area contributed by atoms with Gasteiger partial charge in [0.05, 0.1) is 0 Å². The predicted molar refractivity (Wildman–Crippen MR) is 39.3 cm³/mol. The van der Waals surface area contributed by atoms with Crippen molar-refractivity contribution in [3.8, 4) is 0 Å². The predicted octanol–water partition coefficient (Wildman–Crippen LogP) is 0.890. The molecule has 0 aromatic rings. The third kappa shape index (κ3) is 5.52. The minimum Gasteiger partial charge on any atom is -0.463 e. The van der Waals surface area contributed by atoms with Crippen molar-refractivity contribution in [1.29, 1.82) is 0 Å². The highest BCUT2D eigenvalue weighted by Crippen LogP contribution is 1.97. The lowest BCUT2D eigenvalue weighted by Gasteiger charge is -2.09. The summed E-state index contributed by atoms with van der Waals surface area (Å²) in [5, 5.41) is 0. The number of rotatable bonds is 3. The minimum absolute atomic E-state index is 0.0256. The molecule has 0 aliphatic rings. The Morgan fingerprint density at radius 1 is 1.70 bits per heavy atom. The third-order valence-corrected chi connectivity index (χ3v) is 1.57. The van der Waals surface area contributed by atoms with Crippen LogP contribution < -0.4 is 0 Å². The van der Waals surface area contributed by atoms with E-state index in [-0.39, 0.29) is 6.23 Å². The van der Waals surface area contributed by atoms with Crippen molar-refractivity contribution in [2.24, 2.45) is 0 Å². The zero-order chi connectivity index (χ0) is 8.20. The van der Waals surface area contributed by atoms with Gasteiger partial charge in [0.15, 0.2) is 0 Å². The molecular formula is C6H11O3Si. The molecule has 3 nitrogen and oxygen atoms in total. The highest BCUT2D eigenvalue weighted by molar-refractivity contribution is 6.69. The Morgan fingerprint density at radius 2 is 2.20 bits per heavy atom. The van der Waals surface area contributed by atoms with Gasteiger partial charge in [-0.2, -0.15) is 0 Å². The first-order chi connectivity index (χ1) is 4.45. The second kappa shape index (κ2) is 3.53. The van der Waals surface area contributed by atoms with Crippen LogP contribution in [-0.4, -0.2) is 20.5 Å². The second-order valence-electron chi connectivity index (χ2n) is 2.57. The Labute approximate surface area is 61.4 Å². The fraction of sp³-hybridized carbons (Fsp3) is 0.500. The fourth-order valence-corrected chi connectivity index (χ4v) is 0.794. The summed E-state index contributed by atoms with van der Waals surface area (Å²) in [5.74, 6) is -0.517. The molecule has 0 aromatic heterocycles. The summed E-state index contributed by atoms with van der Waals surface area (Å²) >= 11 is 0. The van der Waals surface area contributed by atoms with E-state index in [9.17, 15) is 9.59 Å². The Hall–Kier alpha value is -0.613. The number of ether oxygens (including phenoxy) is 1. The largest absolute Gasteiger partial charge is 0.463 e.